The minimum Gasteiger partial charge on any atom is -0.258 e. The molecule has 2 N–H and O–H groups in total. The molecule has 1 aliphatic rings. The van der Waals surface area contributed by atoms with E-state index in [9.17, 15) is 0 Å². The molecule has 1 saturated heterocycles. The fourth-order valence-corrected chi connectivity index (χ4v) is 3.11. The second kappa shape index (κ2) is 5.32. The molecule has 0 saturated carbocycles. The second-order valence-corrected chi connectivity index (χ2v) is 5.50. The van der Waals surface area contributed by atoms with Gasteiger partial charge in [0, 0.05) is 13.1 Å². The highest BCUT2D eigenvalue weighted by atomic mass is 15.4. The van der Waals surface area contributed by atoms with Crippen molar-refractivity contribution in [3.63, 3.8) is 0 Å². The van der Waals surface area contributed by atoms with Crippen LogP contribution in [0.4, 0.5) is 0 Å². The highest BCUT2D eigenvalue weighted by molar-refractivity contribution is 6.22. The number of nitrogens with one attached hydrogen (secondary N) is 2. The number of hydrogen-bond donors (Lipinski definition) is 2. The van der Waals surface area contributed by atoms with E-state index >= 15 is 0 Å². The Hall–Kier alpha value is -2.16. The van der Waals surface area contributed by atoms with Crippen LogP contribution in [0.2, 0.25) is 0 Å². The fraction of sp³-hybridized carbons (Fsp3) is 0.158. The van der Waals surface area contributed by atoms with Gasteiger partial charge in [-0.1, -0.05) is 60.7 Å². The van der Waals surface area contributed by atoms with E-state index in [-0.39, 0.29) is 0 Å². The third kappa shape index (κ3) is 2.23. The summed E-state index contributed by atoms with van der Waals surface area (Å²) in [5.41, 5.74) is 5.94. The van der Waals surface area contributed by atoms with Gasteiger partial charge in [0.15, 0.2) is 0 Å². The Kier molecular flexibility index (Phi) is 3.18. The third-order valence-corrected chi connectivity index (χ3v) is 4.12. The Balaban J connectivity index is 0.000000197. The summed E-state index contributed by atoms with van der Waals surface area (Å²) in [6.07, 6.45) is 1.28. The van der Waals surface area contributed by atoms with Crippen LogP contribution in [0, 0.1) is 0 Å². The van der Waals surface area contributed by atoms with Crippen molar-refractivity contribution in [3.8, 4) is 0 Å². The van der Waals surface area contributed by atoms with Crippen LogP contribution in [0.5, 0.6) is 0 Å². The highest BCUT2D eigenvalue weighted by Gasteiger charge is 2.05. The Morgan fingerprint density at radius 3 is 1.19 bits per heavy atom. The van der Waals surface area contributed by atoms with E-state index in [4.69, 9.17) is 0 Å². The van der Waals surface area contributed by atoms with Crippen LogP contribution in [0.15, 0.2) is 60.7 Å². The standard InChI is InChI=1S/C16H10.C3H8N2/c1-3-11-7-9-13-5-2-6-14-10-8-12(4-1)15(11)16(13)14;1-2-4-5-3-1/h1-10H;4-5H,1-3H2. The van der Waals surface area contributed by atoms with Crippen molar-refractivity contribution >= 4 is 32.3 Å². The van der Waals surface area contributed by atoms with Crippen LogP contribution in [0.3, 0.4) is 0 Å². The molecule has 0 aliphatic carbocycles. The van der Waals surface area contributed by atoms with E-state index in [0.29, 0.717) is 0 Å². The van der Waals surface area contributed by atoms with Crippen LogP contribution in [0.1, 0.15) is 6.42 Å². The van der Waals surface area contributed by atoms with E-state index in [0.717, 1.165) is 13.1 Å². The molecule has 0 bridgehead atoms. The fourth-order valence-electron chi connectivity index (χ4n) is 3.11. The average Bonchev–Trinajstić information content (AvgIpc) is 3.13. The molecule has 0 aromatic heterocycles. The van der Waals surface area contributed by atoms with Gasteiger partial charge in [0.05, 0.1) is 0 Å². The monoisotopic (exact) mass is 274 g/mol. The first-order valence-electron chi connectivity index (χ1n) is 7.52. The zero-order chi connectivity index (χ0) is 14.1. The molecule has 2 nitrogen and oxygen atoms in total. The zero-order valence-electron chi connectivity index (χ0n) is 11.9. The van der Waals surface area contributed by atoms with Crippen LogP contribution >= 0.6 is 0 Å². The maximum absolute atomic E-state index is 2.97. The molecule has 1 heterocycles. The van der Waals surface area contributed by atoms with Crippen molar-refractivity contribution in [3.05, 3.63) is 60.7 Å². The van der Waals surface area contributed by atoms with Crippen molar-refractivity contribution in [2.45, 2.75) is 6.42 Å². The van der Waals surface area contributed by atoms with E-state index in [1.165, 1.54) is 38.7 Å². The van der Waals surface area contributed by atoms with Gasteiger partial charge in [-0.25, -0.2) is 0 Å². The molecular weight excluding hydrogens is 256 g/mol. The van der Waals surface area contributed by atoms with Gasteiger partial charge >= 0.3 is 0 Å². The van der Waals surface area contributed by atoms with Crippen LogP contribution in [0.25, 0.3) is 32.3 Å². The Bertz CT molecular complexity index is 741. The number of benzene rings is 4. The lowest BCUT2D eigenvalue weighted by Crippen LogP contribution is -2.21. The van der Waals surface area contributed by atoms with Gasteiger partial charge < -0.3 is 0 Å². The molecule has 0 spiro atoms. The lowest BCUT2D eigenvalue weighted by molar-refractivity contribution is 0.689. The third-order valence-electron chi connectivity index (χ3n) is 4.12. The molecule has 1 fully saturated rings. The Morgan fingerprint density at radius 2 is 0.905 bits per heavy atom. The SMILES string of the molecule is C1CNNC1.c1cc2ccc3cccc4ccc(c1)c2c34. The molecule has 0 unspecified atom stereocenters. The summed E-state index contributed by atoms with van der Waals surface area (Å²) in [5, 5.41) is 8.14. The average molecular weight is 274 g/mol. The van der Waals surface area contributed by atoms with Crippen LogP contribution in [-0.4, -0.2) is 13.1 Å². The lowest BCUT2D eigenvalue weighted by Gasteiger charge is -2.09. The first kappa shape index (κ1) is 12.6. The summed E-state index contributed by atoms with van der Waals surface area (Å²) in [7, 11) is 0. The molecule has 4 aromatic rings. The second-order valence-electron chi connectivity index (χ2n) is 5.50. The maximum Gasteiger partial charge on any atom is 0.0112 e. The van der Waals surface area contributed by atoms with Gasteiger partial charge in [0.1, 0.15) is 0 Å². The van der Waals surface area contributed by atoms with Gasteiger partial charge in [-0.3, -0.25) is 10.9 Å². The number of rotatable bonds is 0. The van der Waals surface area contributed by atoms with Crippen molar-refractivity contribution < 1.29 is 0 Å². The van der Waals surface area contributed by atoms with E-state index in [1.54, 1.807) is 0 Å². The van der Waals surface area contributed by atoms with Crippen molar-refractivity contribution in [1.29, 1.82) is 0 Å². The summed E-state index contributed by atoms with van der Waals surface area (Å²) in [6.45, 7) is 2.28. The smallest absolute Gasteiger partial charge is 0.0112 e. The molecular formula is C19H18N2. The normalized spacial score (nSPS) is 14.7. The first-order chi connectivity index (χ1) is 10.4. The molecule has 0 radical (unpaired) electrons. The zero-order valence-corrected chi connectivity index (χ0v) is 11.9. The summed E-state index contributed by atoms with van der Waals surface area (Å²) >= 11 is 0. The summed E-state index contributed by atoms with van der Waals surface area (Å²) in [6, 6.07) is 21.9. The van der Waals surface area contributed by atoms with Crippen molar-refractivity contribution in [2.75, 3.05) is 13.1 Å². The highest BCUT2D eigenvalue weighted by Crippen LogP contribution is 2.33. The maximum atomic E-state index is 2.97. The topological polar surface area (TPSA) is 24.1 Å². The first-order valence-corrected chi connectivity index (χ1v) is 7.52. The van der Waals surface area contributed by atoms with Gasteiger partial charge in [0.2, 0.25) is 0 Å². The quantitative estimate of drug-likeness (QED) is 0.472. The summed E-state index contributed by atoms with van der Waals surface area (Å²) in [4.78, 5) is 0. The molecule has 0 amide bonds. The minimum absolute atomic E-state index is 1.14. The molecule has 0 atom stereocenters. The Labute approximate surface area is 124 Å². The van der Waals surface area contributed by atoms with Gasteiger partial charge in [-0.2, -0.15) is 0 Å². The Morgan fingerprint density at radius 1 is 0.524 bits per heavy atom. The van der Waals surface area contributed by atoms with E-state index in [2.05, 4.69) is 71.5 Å². The van der Waals surface area contributed by atoms with Crippen molar-refractivity contribution in [2.24, 2.45) is 0 Å². The van der Waals surface area contributed by atoms with E-state index in [1.807, 2.05) is 0 Å². The summed E-state index contributed by atoms with van der Waals surface area (Å²) < 4.78 is 0. The lowest BCUT2D eigenvalue weighted by atomic mass is 9.95. The largest absolute Gasteiger partial charge is 0.258 e. The van der Waals surface area contributed by atoms with Crippen LogP contribution < -0.4 is 10.9 Å². The predicted molar refractivity (Wildman–Crippen MR) is 90.8 cm³/mol. The number of hydrogen-bond acceptors (Lipinski definition) is 2. The van der Waals surface area contributed by atoms with Gasteiger partial charge in [-0.05, 0) is 38.7 Å². The molecule has 2 heteroatoms. The van der Waals surface area contributed by atoms with Gasteiger partial charge in [0.25, 0.3) is 0 Å². The van der Waals surface area contributed by atoms with Crippen LogP contribution in [-0.2, 0) is 0 Å². The molecule has 1 aliphatic heterocycles. The predicted octanol–water partition coefficient (Wildman–Crippen LogP) is 4.07. The molecule has 5 rings (SSSR count). The molecule has 104 valence electrons. The summed E-state index contributed by atoms with van der Waals surface area (Å²) in [5.74, 6) is 0. The van der Waals surface area contributed by atoms with Crippen molar-refractivity contribution in [1.82, 2.24) is 10.9 Å². The van der Waals surface area contributed by atoms with Gasteiger partial charge in [-0.15, -0.1) is 0 Å². The molecule has 21 heavy (non-hydrogen) atoms. The molecule has 4 aromatic carbocycles. The minimum atomic E-state index is 1.14. The van der Waals surface area contributed by atoms with E-state index < -0.39 is 0 Å². The number of hydrazine groups is 1.